The van der Waals surface area contributed by atoms with Crippen LogP contribution in [-0.2, 0) is 6.42 Å². The Morgan fingerprint density at radius 3 is 2.62 bits per heavy atom. The second-order valence-electron chi connectivity index (χ2n) is 7.41. The van der Waals surface area contributed by atoms with E-state index in [9.17, 15) is 4.79 Å². The summed E-state index contributed by atoms with van der Waals surface area (Å²) in [6.07, 6.45) is 1.07. The Balaban J connectivity index is 1.35. The summed E-state index contributed by atoms with van der Waals surface area (Å²) in [6, 6.07) is 20.7. The highest BCUT2D eigenvalue weighted by Gasteiger charge is 2.20. The van der Waals surface area contributed by atoms with Crippen LogP contribution >= 0.6 is 11.3 Å². The van der Waals surface area contributed by atoms with Gasteiger partial charge in [-0.25, -0.2) is 4.79 Å². The van der Waals surface area contributed by atoms with Crippen molar-refractivity contribution < 1.29 is 4.79 Å². The molecule has 0 saturated carbocycles. The van der Waals surface area contributed by atoms with E-state index >= 15 is 0 Å². The number of nitrogens with zero attached hydrogens (tertiary/aromatic N) is 2. The maximum absolute atomic E-state index is 12.4. The number of nitrogens with one attached hydrogen (secondary N) is 2. The van der Waals surface area contributed by atoms with Crippen LogP contribution in [0.15, 0.2) is 66.0 Å². The Labute approximate surface area is 176 Å². The number of carbonyl (C=O) groups is 1. The van der Waals surface area contributed by atoms with Crippen molar-refractivity contribution in [3.63, 3.8) is 0 Å². The zero-order chi connectivity index (χ0) is 20.2. The van der Waals surface area contributed by atoms with Crippen LogP contribution in [0.2, 0.25) is 0 Å². The third kappa shape index (κ3) is 4.44. The van der Waals surface area contributed by atoms with E-state index in [2.05, 4.69) is 68.3 Å². The van der Waals surface area contributed by atoms with Crippen molar-refractivity contribution in [2.45, 2.75) is 12.5 Å². The quantitative estimate of drug-likeness (QED) is 0.614. The highest BCUT2D eigenvalue weighted by molar-refractivity contribution is 7.10. The molecule has 1 aromatic heterocycles. The highest BCUT2D eigenvalue weighted by Crippen LogP contribution is 2.34. The topological polar surface area (TPSA) is 47.6 Å². The van der Waals surface area contributed by atoms with Gasteiger partial charge in [0, 0.05) is 35.0 Å². The van der Waals surface area contributed by atoms with E-state index in [0.29, 0.717) is 6.54 Å². The molecule has 1 aliphatic heterocycles. The molecular formula is C23H26N4OS. The number of thiophene rings is 1. The molecule has 3 aromatic rings. The summed E-state index contributed by atoms with van der Waals surface area (Å²) in [5.74, 6) is 0. The second-order valence-corrected chi connectivity index (χ2v) is 8.39. The first-order valence-electron chi connectivity index (χ1n) is 9.82. The van der Waals surface area contributed by atoms with Crippen molar-refractivity contribution in [3.05, 3.63) is 76.5 Å². The summed E-state index contributed by atoms with van der Waals surface area (Å²) in [5.41, 5.74) is 4.59. The van der Waals surface area contributed by atoms with E-state index in [1.807, 2.05) is 32.3 Å². The lowest BCUT2D eigenvalue weighted by atomic mass is 10.2. The van der Waals surface area contributed by atoms with E-state index in [1.165, 1.54) is 16.1 Å². The normalized spacial score (nSPS) is 14.0. The van der Waals surface area contributed by atoms with Crippen LogP contribution in [0.3, 0.4) is 0 Å². The molecule has 0 aliphatic carbocycles. The first-order chi connectivity index (χ1) is 14.1. The molecule has 0 radical (unpaired) electrons. The fourth-order valence-electron chi connectivity index (χ4n) is 3.71. The second kappa shape index (κ2) is 8.68. The van der Waals surface area contributed by atoms with Gasteiger partial charge in [0.2, 0.25) is 0 Å². The molecule has 2 aromatic carbocycles. The van der Waals surface area contributed by atoms with Crippen molar-refractivity contribution in [3.8, 4) is 0 Å². The first kappa shape index (κ1) is 19.5. The molecule has 0 saturated heterocycles. The molecule has 1 aliphatic rings. The average molecular weight is 407 g/mol. The zero-order valence-electron chi connectivity index (χ0n) is 16.8. The fourth-order valence-corrected chi connectivity index (χ4v) is 4.64. The van der Waals surface area contributed by atoms with Crippen molar-refractivity contribution in [1.29, 1.82) is 0 Å². The number of likely N-dealkylation sites (N-methyl/N-ethyl adjacent to an activating group) is 1. The van der Waals surface area contributed by atoms with E-state index < -0.39 is 0 Å². The summed E-state index contributed by atoms with van der Waals surface area (Å²) in [5, 5.41) is 7.98. The van der Waals surface area contributed by atoms with E-state index in [1.54, 1.807) is 11.3 Å². The first-order valence-corrected chi connectivity index (χ1v) is 10.7. The minimum absolute atomic E-state index is 0.165. The van der Waals surface area contributed by atoms with Crippen LogP contribution in [0.4, 0.5) is 21.9 Å². The molecule has 0 fully saturated rings. The number of fused-ring (bicyclic) bond motifs is 1. The lowest BCUT2D eigenvalue weighted by Gasteiger charge is -2.23. The summed E-state index contributed by atoms with van der Waals surface area (Å²) < 4.78 is 0. The molecule has 0 spiro atoms. The van der Waals surface area contributed by atoms with Crippen molar-refractivity contribution in [2.24, 2.45) is 0 Å². The monoisotopic (exact) mass is 406 g/mol. The molecule has 1 unspecified atom stereocenters. The number of rotatable bonds is 6. The van der Waals surface area contributed by atoms with E-state index in [-0.39, 0.29) is 12.1 Å². The number of benzene rings is 2. The molecule has 1 atom stereocenters. The molecule has 2 amide bonds. The SMILES string of the molecule is CN(C)C(CNC(=O)Nc1ccc(N2CCc3ccccc32)cc1)c1cccs1. The van der Waals surface area contributed by atoms with Crippen LogP contribution in [0.25, 0.3) is 0 Å². The Bertz CT molecular complexity index is 953. The fraction of sp³-hybridized carbons (Fsp3) is 0.261. The predicted molar refractivity (Wildman–Crippen MR) is 121 cm³/mol. The van der Waals surface area contributed by atoms with Crippen LogP contribution in [0, 0.1) is 0 Å². The molecule has 2 N–H and O–H groups in total. The Morgan fingerprint density at radius 2 is 1.90 bits per heavy atom. The van der Waals surface area contributed by atoms with Gasteiger partial charge in [0.25, 0.3) is 0 Å². The van der Waals surface area contributed by atoms with Gasteiger partial charge in [-0.1, -0.05) is 24.3 Å². The van der Waals surface area contributed by atoms with Gasteiger partial charge < -0.3 is 20.4 Å². The molecule has 150 valence electrons. The van der Waals surface area contributed by atoms with Crippen LogP contribution < -0.4 is 15.5 Å². The third-order valence-corrected chi connectivity index (χ3v) is 6.25. The smallest absolute Gasteiger partial charge is 0.319 e. The van der Waals surface area contributed by atoms with Gasteiger partial charge in [0.1, 0.15) is 0 Å². The number of amides is 2. The van der Waals surface area contributed by atoms with Gasteiger partial charge in [-0.2, -0.15) is 0 Å². The summed E-state index contributed by atoms with van der Waals surface area (Å²) >= 11 is 1.71. The molecule has 0 bridgehead atoms. The van der Waals surface area contributed by atoms with Crippen LogP contribution in [-0.4, -0.2) is 38.1 Å². The Hall–Kier alpha value is -2.83. The van der Waals surface area contributed by atoms with Crippen LogP contribution in [0.1, 0.15) is 16.5 Å². The molecule has 5 nitrogen and oxygen atoms in total. The number of carbonyl (C=O) groups excluding carboxylic acids is 1. The third-order valence-electron chi connectivity index (χ3n) is 5.27. The van der Waals surface area contributed by atoms with Gasteiger partial charge in [-0.05, 0) is 67.9 Å². The average Bonchev–Trinajstić information content (AvgIpc) is 3.39. The van der Waals surface area contributed by atoms with Gasteiger partial charge >= 0.3 is 6.03 Å². The minimum Gasteiger partial charge on any atom is -0.341 e. The Kier molecular flexibility index (Phi) is 5.83. The number of urea groups is 1. The minimum atomic E-state index is -0.187. The number of para-hydroxylation sites is 1. The summed E-state index contributed by atoms with van der Waals surface area (Å²) in [7, 11) is 4.05. The van der Waals surface area contributed by atoms with Gasteiger partial charge in [-0.3, -0.25) is 0 Å². The summed E-state index contributed by atoms with van der Waals surface area (Å²) in [6.45, 7) is 1.54. The molecule has 6 heteroatoms. The maximum Gasteiger partial charge on any atom is 0.319 e. The molecule has 2 heterocycles. The largest absolute Gasteiger partial charge is 0.341 e. The molecule has 29 heavy (non-hydrogen) atoms. The van der Waals surface area contributed by atoms with E-state index in [0.717, 1.165) is 24.3 Å². The number of hydrogen-bond donors (Lipinski definition) is 2. The van der Waals surface area contributed by atoms with Gasteiger partial charge in [0.05, 0.1) is 6.04 Å². The van der Waals surface area contributed by atoms with Crippen molar-refractivity contribution in [1.82, 2.24) is 10.2 Å². The lowest BCUT2D eigenvalue weighted by molar-refractivity contribution is 0.244. The molecular weight excluding hydrogens is 380 g/mol. The molecule has 4 rings (SSSR count). The maximum atomic E-state index is 12.4. The predicted octanol–water partition coefficient (Wildman–Crippen LogP) is 4.87. The number of anilines is 3. The van der Waals surface area contributed by atoms with E-state index in [4.69, 9.17) is 0 Å². The lowest BCUT2D eigenvalue weighted by Crippen LogP contribution is -2.36. The summed E-state index contributed by atoms with van der Waals surface area (Å²) in [4.78, 5) is 18.0. The van der Waals surface area contributed by atoms with Gasteiger partial charge in [-0.15, -0.1) is 11.3 Å². The van der Waals surface area contributed by atoms with Crippen LogP contribution in [0.5, 0.6) is 0 Å². The van der Waals surface area contributed by atoms with Crippen molar-refractivity contribution >= 4 is 34.4 Å². The Morgan fingerprint density at radius 1 is 1.10 bits per heavy atom. The standard InChI is InChI=1S/C23H26N4OS/c1-26(2)21(22-8-5-15-29-22)16-24-23(28)25-18-9-11-19(12-10-18)27-14-13-17-6-3-4-7-20(17)27/h3-12,15,21H,13-14,16H2,1-2H3,(H2,24,25,28). The highest BCUT2D eigenvalue weighted by atomic mass is 32.1. The zero-order valence-corrected chi connectivity index (χ0v) is 17.6. The van der Waals surface area contributed by atoms with Gasteiger partial charge in [0.15, 0.2) is 0 Å². The van der Waals surface area contributed by atoms with Crippen molar-refractivity contribution in [2.75, 3.05) is 37.4 Å². The number of hydrogen-bond acceptors (Lipinski definition) is 4.